The molecule has 78 valence electrons. The summed E-state index contributed by atoms with van der Waals surface area (Å²) in [6, 6.07) is 9.97. The van der Waals surface area contributed by atoms with Crippen LogP contribution in [0.15, 0.2) is 30.3 Å². The summed E-state index contributed by atoms with van der Waals surface area (Å²) in [6.07, 6.45) is -0.423. The Bertz CT molecular complexity index is 443. The molecule has 0 aliphatic heterocycles. The Morgan fingerprint density at radius 2 is 2.27 bits per heavy atom. The normalized spacial score (nSPS) is 10.2. The molecule has 2 aromatic rings. The molecular formula is C11H12N2O2. The summed E-state index contributed by atoms with van der Waals surface area (Å²) in [5.41, 5.74) is 2.03. The zero-order valence-electron chi connectivity index (χ0n) is 8.41. The second-order valence-electron chi connectivity index (χ2n) is 3.23. The molecule has 0 unspecified atom stereocenters. The van der Waals surface area contributed by atoms with Crippen molar-refractivity contribution >= 4 is 17.0 Å². The van der Waals surface area contributed by atoms with Crippen LogP contribution < -0.4 is 5.32 Å². The largest absolute Gasteiger partial charge is 0.453 e. The number of aromatic amines is 1. The third-order valence-corrected chi connectivity index (χ3v) is 2.19. The number of hydrogen-bond acceptors (Lipinski definition) is 2. The molecule has 0 saturated carbocycles. The lowest BCUT2D eigenvalue weighted by Crippen LogP contribution is -2.22. The molecule has 4 nitrogen and oxygen atoms in total. The van der Waals surface area contributed by atoms with E-state index in [0.29, 0.717) is 6.54 Å². The van der Waals surface area contributed by atoms with Gasteiger partial charge < -0.3 is 15.0 Å². The molecule has 0 saturated heterocycles. The Labute approximate surface area is 87.2 Å². The van der Waals surface area contributed by atoms with Crippen molar-refractivity contribution in [2.75, 3.05) is 7.11 Å². The number of fused-ring (bicyclic) bond motifs is 1. The van der Waals surface area contributed by atoms with Crippen molar-refractivity contribution in [3.8, 4) is 0 Å². The molecule has 0 atom stereocenters. The van der Waals surface area contributed by atoms with Crippen LogP contribution >= 0.6 is 0 Å². The van der Waals surface area contributed by atoms with Gasteiger partial charge in [-0.25, -0.2) is 4.79 Å². The quantitative estimate of drug-likeness (QED) is 0.786. The second-order valence-corrected chi connectivity index (χ2v) is 3.23. The standard InChI is InChI=1S/C11H12N2O2/c1-15-11(14)12-7-9-6-8-4-2-3-5-10(8)13-9/h2-6,13H,7H2,1H3,(H,12,14). The minimum atomic E-state index is -0.423. The minimum Gasteiger partial charge on any atom is -0.453 e. The SMILES string of the molecule is COC(=O)NCc1cc2ccccc2[nH]1. The third kappa shape index (κ3) is 2.10. The van der Waals surface area contributed by atoms with Crippen LogP contribution in [0.5, 0.6) is 0 Å². The van der Waals surface area contributed by atoms with E-state index in [1.807, 2.05) is 30.3 Å². The highest BCUT2D eigenvalue weighted by molar-refractivity contribution is 5.80. The lowest BCUT2D eigenvalue weighted by Gasteiger charge is -2.00. The molecule has 1 aromatic heterocycles. The number of alkyl carbamates (subject to hydrolysis) is 1. The highest BCUT2D eigenvalue weighted by atomic mass is 16.5. The molecule has 0 aliphatic carbocycles. The van der Waals surface area contributed by atoms with E-state index in [1.54, 1.807) is 0 Å². The summed E-state index contributed by atoms with van der Waals surface area (Å²) in [5.74, 6) is 0. The number of nitrogens with one attached hydrogen (secondary N) is 2. The van der Waals surface area contributed by atoms with Crippen molar-refractivity contribution in [2.45, 2.75) is 6.54 Å². The number of para-hydroxylation sites is 1. The van der Waals surface area contributed by atoms with Gasteiger partial charge in [-0.3, -0.25) is 0 Å². The molecule has 0 fully saturated rings. The number of ether oxygens (including phenoxy) is 1. The number of carbonyl (C=O) groups is 1. The smallest absolute Gasteiger partial charge is 0.407 e. The average Bonchev–Trinajstić information content (AvgIpc) is 2.68. The summed E-state index contributed by atoms with van der Waals surface area (Å²) in [7, 11) is 1.35. The number of amides is 1. The van der Waals surface area contributed by atoms with Crippen molar-refractivity contribution in [1.29, 1.82) is 0 Å². The Balaban J connectivity index is 2.12. The lowest BCUT2D eigenvalue weighted by atomic mass is 10.2. The van der Waals surface area contributed by atoms with Gasteiger partial charge in [-0.2, -0.15) is 0 Å². The van der Waals surface area contributed by atoms with Crippen LogP contribution in [0, 0.1) is 0 Å². The highest BCUT2D eigenvalue weighted by Crippen LogP contribution is 2.14. The maximum Gasteiger partial charge on any atom is 0.407 e. The Morgan fingerprint density at radius 1 is 1.47 bits per heavy atom. The maximum absolute atomic E-state index is 10.9. The molecule has 15 heavy (non-hydrogen) atoms. The van der Waals surface area contributed by atoms with E-state index in [9.17, 15) is 4.79 Å². The van der Waals surface area contributed by atoms with Gasteiger partial charge in [0, 0.05) is 11.2 Å². The summed E-state index contributed by atoms with van der Waals surface area (Å²) in [6.45, 7) is 0.446. The maximum atomic E-state index is 10.9. The first-order valence-electron chi connectivity index (χ1n) is 4.68. The molecule has 2 rings (SSSR count). The van der Waals surface area contributed by atoms with Crippen molar-refractivity contribution in [3.05, 3.63) is 36.0 Å². The zero-order valence-corrected chi connectivity index (χ0v) is 8.41. The monoisotopic (exact) mass is 204 g/mol. The van der Waals surface area contributed by atoms with Crippen molar-refractivity contribution < 1.29 is 9.53 Å². The summed E-state index contributed by atoms with van der Waals surface area (Å²) < 4.78 is 4.48. The molecular weight excluding hydrogens is 192 g/mol. The van der Waals surface area contributed by atoms with Crippen LogP contribution in [0.25, 0.3) is 10.9 Å². The predicted octanol–water partition coefficient (Wildman–Crippen LogP) is 2.02. The van der Waals surface area contributed by atoms with E-state index in [2.05, 4.69) is 15.0 Å². The number of benzene rings is 1. The number of methoxy groups -OCH3 is 1. The van der Waals surface area contributed by atoms with Crippen molar-refractivity contribution in [2.24, 2.45) is 0 Å². The summed E-state index contributed by atoms with van der Waals surface area (Å²) in [4.78, 5) is 14.1. The third-order valence-electron chi connectivity index (χ3n) is 2.19. The lowest BCUT2D eigenvalue weighted by molar-refractivity contribution is 0.170. The van der Waals surface area contributed by atoms with E-state index in [4.69, 9.17) is 0 Å². The van der Waals surface area contributed by atoms with Gasteiger partial charge in [0.1, 0.15) is 0 Å². The summed E-state index contributed by atoms with van der Waals surface area (Å²) in [5, 5.41) is 3.76. The Kier molecular flexibility index (Phi) is 2.58. The minimum absolute atomic E-state index is 0.423. The van der Waals surface area contributed by atoms with Gasteiger partial charge >= 0.3 is 6.09 Å². The first kappa shape index (κ1) is 9.58. The molecule has 1 amide bonds. The van der Waals surface area contributed by atoms with E-state index in [1.165, 1.54) is 7.11 Å². The molecule has 0 spiro atoms. The summed E-state index contributed by atoms with van der Waals surface area (Å²) >= 11 is 0. The van der Waals surface area contributed by atoms with Gasteiger partial charge in [0.2, 0.25) is 0 Å². The van der Waals surface area contributed by atoms with E-state index < -0.39 is 6.09 Å². The zero-order chi connectivity index (χ0) is 10.7. The van der Waals surface area contributed by atoms with Crippen LogP contribution in [0.2, 0.25) is 0 Å². The number of aromatic nitrogens is 1. The van der Waals surface area contributed by atoms with Crippen LogP contribution in [-0.4, -0.2) is 18.2 Å². The van der Waals surface area contributed by atoms with Crippen LogP contribution in [0.3, 0.4) is 0 Å². The van der Waals surface area contributed by atoms with Crippen LogP contribution in [0.4, 0.5) is 4.79 Å². The number of carbonyl (C=O) groups excluding carboxylic acids is 1. The van der Waals surface area contributed by atoms with Crippen molar-refractivity contribution in [3.63, 3.8) is 0 Å². The Morgan fingerprint density at radius 3 is 3.00 bits per heavy atom. The Hall–Kier alpha value is -1.97. The predicted molar refractivity (Wildman–Crippen MR) is 57.5 cm³/mol. The van der Waals surface area contributed by atoms with Gasteiger partial charge in [-0.05, 0) is 17.5 Å². The topological polar surface area (TPSA) is 54.1 Å². The van der Waals surface area contributed by atoms with Gasteiger partial charge in [0.05, 0.1) is 13.7 Å². The number of H-pyrrole nitrogens is 1. The molecule has 4 heteroatoms. The fourth-order valence-corrected chi connectivity index (χ4v) is 1.47. The fourth-order valence-electron chi connectivity index (χ4n) is 1.47. The number of hydrogen-bond donors (Lipinski definition) is 2. The number of rotatable bonds is 2. The first-order valence-corrected chi connectivity index (χ1v) is 4.68. The second kappa shape index (κ2) is 4.04. The van der Waals surface area contributed by atoms with E-state index >= 15 is 0 Å². The molecule has 0 radical (unpaired) electrons. The first-order chi connectivity index (χ1) is 7.29. The molecule has 0 bridgehead atoms. The fraction of sp³-hybridized carbons (Fsp3) is 0.182. The van der Waals surface area contributed by atoms with Gasteiger partial charge in [-0.15, -0.1) is 0 Å². The van der Waals surface area contributed by atoms with E-state index in [-0.39, 0.29) is 0 Å². The van der Waals surface area contributed by atoms with Crippen molar-refractivity contribution in [1.82, 2.24) is 10.3 Å². The molecule has 0 aliphatic rings. The van der Waals surface area contributed by atoms with Gasteiger partial charge in [0.15, 0.2) is 0 Å². The molecule has 1 heterocycles. The van der Waals surface area contributed by atoms with E-state index in [0.717, 1.165) is 16.6 Å². The molecule has 1 aromatic carbocycles. The van der Waals surface area contributed by atoms with Gasteiger partial charge in [-0.1, -0.05) is 18.2 Å². The van der Waals surface area contributed by atoms with Crippen LogP contribution in [0.1, 0.15) is 5.69 Å². The van der Waals surface area contributed by atoms with Gasteiger partial charge in [0.25, 0.3) is 0 Å². The average molecular weight is 204 g/mol. The van der Waals surface area contributed by atoms with Crippen LogP contribution in [-0.2, 0) is 11.3 Å². The molecule has 2 N–H and O–H groups in total. The highest BCUT2D eigenvalue weighted by Gasteiger charge is 2.02.